The molecule has 0 spiro atoms. The van der Waals surface area contributed by atoms with Gasteiger partial charge in [-0.2, -0.15) is 0 Å². The van der Waals surface area contributed by atoms with Crippen LogP contribution in [0.3, 0.4) is 0 Å². The molecule has 0 fully saturated rings. The van der Waals surface area contributed by atoms with Crippen molar-refractivity contribution in [1.29, 1.82) is 0 Å². The second-order valence-electron chi connectivity index (χ2n) is 4.99. The maximum Gasteiger partial charge on any atom is 0.335 e. The van der Waals surface area contributed by atoms with Crippen molar-refractivity contribution in [2.45, 2.75) is 27.2 Å². The van der Waals surface area contributed by atoms with Crippen LogP contribution in [-0.4, -0.2) is 35.2 Å². The third-order valence-electron chi connectivity index (χ3n) is 3.21. The number of carboxylic acid groups (broad SMARTS) is 2. The molecule has 1 aromatic carbocycles. The molecule has 0 saturated carbocycles. The summed E-state index contributed by atoms with van der Waals surface area (Å²) in [7, 11) is 0. The Morgan fingerprint density at radius 1 is 1.30 bits per heavy atom. The summed E-state index contributed by atoms with van der Waals surface area (Å²) in [6.45, 7) is 6.62. The van der Waals surface area contributed by atoms with Crippen molar-refractivity contribution < 1.29 is 19.8 Å². The van der Waals surface area contributed by atoms with Crippen molar-refractivity contribution in [3.8, 4) is 0 Å². The molecule has 0 amide bonds. The molecule has 1 atom stereocenters. The van der Waals surface area contributed by atoms with Crippen molar-refractivity contribution in [2.24, 2.45) is 5.92 Å². The first-order valence-electron chi connectivity index (χ1n) is 6.68. The molecule has 0 aliphatic rings. The number of aliphatic carboxylic acids is 1. The molecule has 1 rings (SSSR count). The predicted octanol–water partition coefficient (Wildman–Crippen LogP) is 2.63. The van der Waals surface area contributed by atoms with Gasteiger partial charge >= 0.3 is 11.9 Å². The van der Waals surface area contributed by atoms with Gasteiger partial charge in [-0.05, 0) is 31.0 Å². The van der Waals surface area contributed by atoms with E-state index in [4.69, 9.17) is 10.2 Å². The van der Waals surface area contributed by atoms with Gasteiger partial charge in [-0.3, -0.25) is 4.79 Å². The predicted molar refractivity (Wildman–Crippen MR) is 77.4 cm³/mol. The molecule has 0 aromatic heterocycles. The molecule has 0 radical (unpaired) electrons. The van der Waals surface area contributed by atoms with Crippen LogP contribution in [0.1, 0.15) is 36.2 Å². The van der Waals surface area contributed by atoms with Crippen LogP contribution in [-0.2, 0) is 4.79 Å². The van der Waals surface area contributed by atoms with E-state index < -0.39 is 17.9 Å². The monoisotopic (exact) mass is 279 g/mol. The Balaban J connectivity index is 3.10. The highest BCUT2D eigenvalue weighted by atomic mass is 16.4. The fourth-order valence-electron chi connectivity index (χ4n) is 2.07. The maximum atomic E-state index is 11.1. The van der Waals surface area contributed by atoms with Crippen molar-refractivity contribution in [2.75, 3.05) is 18.0 Å². The standard InChI is InChI=1S/C15H21NO4/c1-4-7-16(9-11(3)14(17)18)13-8-12(15(19)20)6-5-10(13)2/h5-6,8,11H,4,7,9H2,1-3H3,(H,17,18)(H,19,20). The Kier molecular flexibility index (Phi) is 5.55. The van der Waals surface area contributed by atoms with Gasteiger partial charge in [0.15, 0.2) is 0 Å². The number of anilines is 1. The Morgan fingerprint density at radius 3 is 2.45 bits per heavy atom. The molecule has 2 N–H and O–H groups in total. The number of nitrogens with zero attached hydrogens (tertiary/aromatic N) is 1. The van der Waals surface area contributed by atoms with Crippen molar-refractivity contribution >= 4 is 17.6 Å². The molecule has 0 heterocycles. The zero-order valence-electron chi connectivity index (χ0n) is 12.1. The zero-order valence-corrected chi connectivity index (χ0v) is 12.1. The summed E-state index contributed by atoms with van der Waals surface area (Å²) in [5.41, 5.74) is 1.95. The van der Waals surface area contributed by atoms with E-state index in [1.807, 2.05) is 18.7 Å². The van der Waals surface area contributed by atoms with Crippen molar-refractivity contribution in [3.05, 3.63) is 29.3 Å². The van der Waals surface area contributed by atoms with Crippen LogP contribution in [0, 0.1) is 12.8 Å². The first kappa shape index (κ1) is 16.0. The van der Waals surface area contributed by atoms with Crippen molar-refractivity contribution in [1.82, 2.24) is 0 Å². The second-order valence-corrected chi connectivity index (χ2v) is 4.99. The summed E-state index contributed by atoms with van der Waals surface area (Å²) >= 11 is 0. The lowest BCUT2D eigenvalue weighted by atomic mass is 10.1. The minimum atomic E-state index is -0.978. The zero-order chi connectivity index (χ0) is 15.3. The van der Waals surface area contributed by atoms with E-state index in [0.29, 0.717) is 13.1 Å². The Hall–Kier alpha value is -2.04. The molecular weight excluding hydrogens is 258 g/mol. The van der Waals surface area contributed by atoms with E-state index in [9.17, 15) is 9.59 Å². The summed E-state index contributed by atoms with van der Waals surface area (Å²) in [6, 6.07) is 4.93. The molecular formula is C15H21NO4. The molecule has 110 valence electrons. The summed E-state index contributed by atoms with van der Waals surface area (Å²) in [4.78, 5) is 24.0. The van der Waals surface area contributed by atoms with E-state index >= 15 is 0 Å². The normalized spacial score (nSPS) is 11.9. The van der Waals surface area contributed by atoms with E-state index in [-0.39, 0.29) is 5.56 Å². The van der Waals surface area contributed by atoms with Gasteiger partial charge in [0.25, 0.3) is 0 Å². The van der Waals surface area contributed by atoms with Gasteiger partial charge in [0.05, 0.1) is 11.5 Å². The summed E-state index contributed by atoms with van der Waals surface area (Å²) in [5.74, 6) is -2.33. The van der Waals surface area contributed by atoms with Gasteiger partial charge in [-0.1, -0.05) is 19.9 Å². The fourth-order valence-corrected chi connectivity index (χ4v) is 2.07. The van der Waals surface area contributed by atoms with Gasteiger partial charge in [-0.25, -0.2) is 4.79 Å². The first-order chi connectivity index (χ1) is 9.36. The third-order valence-corrected chi connectivity index (χ3v) is 3.21. The molecule has 0 aliphatic carbocycles. The van der Waals surface area contributed by atoms with Gasteiger partial charge in [0, 0.05) is 18.8 Å². The SMILES string of the molecule is CCCN(CC(C)C(=O)O)c1cc(C(=O)O)ccc1C. The highest BCUT2D eigenvalue weighted by Crippen LogP contribution is 2.23. The smallest absolute Gasteiger partial charge is 0.335 e. The molecule has 0 aliphatic heterocycles. The van der Waals surface area contributed by atoms with Crippen LogP contribution in [0.2, 0.25) is 0 Å². The molecule has 1 aromatic rings. The van der Waals surface area contributed by atoms with E-state index in [2.05, 4.69) is 0 Å². The number of aromatic carboxylic acids is 1. The highest BCUT2D eigenvalue weighted by Gasteiger charge is 2.18. The fraction of sp³-hybridized carbons (Fsp3) is 0.467. The molecule has 20 heavy (non-hydrogen) atoms. The maximum absolute atomic E-state index is 11.1. The van der Waals surface area contributed by atoms with Crippen LogP contribution in [0.15, 0.2) is 18.2 Å². The number of hydrogen-bond donors (Lipinski definition) is 2. The number of rotatable bonds is 7. The average molecular weight is 279 g/mol. The molecule has 0 bridgehead atoms. The summed E-state index contributed by atoms with van der Waals surface area (Å²) in [6.07, 6.45) is 0.864. The lowest BCUT2D eigenvalue weighted by molar-refractivity contribution is -0.140. The molecule has 1 unspecified atom stereocenters. The highest BCUT2D eigenvalue weighted by molar-refractivity contribution is 5.89. The van der Waals surface area contributed by atoms with E-state index in [0.717, 1.165) is 17.7 Å². The van der Waals surface area contributed by atoms with Crippen LogP contribution >= 0.6 is 0 Å². The van der Waals surface area contributed by atoms with Gasteiger partial charge in [0.1, 0.15) is 0 Å². The number of carbonyl (C=O) groups is 2. The average Bonchev–Trinajstić information content (AvgIpc) is 2.38. The largest absolute Gasteiger partial charge is 0.481 e. The third kappa shape index (κ3) is 3.98. The number of carboxylic acids is 2. The molecule has 5 nitrogen and oxygen atoms in total. The minimum absolute atomic E-state index is 0.217. The van der Waals surface area contributed by atoms with E-state index in [1.165, 1.54) is 0 Å². The second kappa shape index (κ2) is 6.93. The lowest BCUT2D eigenvalue weighted by Gasteiger charge is -2.28. The van der Waals surface area contributed by atoms with E-state index in [1.54, 1.807) is 25.1 Å². The minimum Gasteiger partial charge on any atom is -0.481 e. The Bertz CT molecular complexity index is 499. The Labute approximate surface area is 118 Å². The molecule has 5 heteroatoms. The van der Waals surface area contributed by atoms with Crippen LogP contribution in [0.25, 0.3) is 0 Å². The topological polar surface area (TPSA) is 77.8 Å². The number of benzene rings is 1. The summed E-state index contributed by atoms with van der Waals surface area (Å²) < 4.78 is 0. The quantitative estimate of drug-likeness (QED) is 0.802. The lowest BCUT2D eigenvalue weighted by Crippen LogP contribution is -2.33. The molecule has 0 saturated heterocycles. The van der Waals surface area contributed by atoms with Gasteiger partial charge in [0.2, 0.25) is 0 Å². The van der Waals surface area contributed by atoms with Gasteiger partial charge in [-0.15, -0.1) is 0 Å². The van der Waals surface area contributed by atoms with Crippen LogP contribution < -0.4 is 4.90 Å². The van der Waals surface area contributed by atoms with Gasteiger partial charge < -0.3 is 15.1 Å². The Morgan fingerprint density at radius 2 is 1.95 bits per heavy atom. The number of aryl methyl sites for hydroxylation is 1. The first-order valence-corrected chi connectivity index (χ1v) is 6.68. The van der Waals surface area contributed by atoms with Crippen molar-refractivity contribution in [3.63, 3.8) is 0 Å². The van der Waals surface area contributed by atoms with Crippen LogP contribution in [0.4, 0.5) is 5.69 Å². The van der Waals surface area contributed by atoms with Crippen LogP contribution in [0.5, 0.6) is 0 Å². The summed E-state index contributed by atoms with van der Waals surface area (Å²) in [5, 5.41) is 18.1. The number of hydrogen-bond acceptors (Lipinski definition) is 3.